The summed E-state index contributed by atoms with van der Waals surface area (Å²) in [6.45, 7) is 1.87. The molecule has 1 aliphatic heterocycles. The summed E-state index contributed by atoms with van der Waals surface area (Å²) >= 11 is 0. The molecule has 3 rings (SSSR count). The normalized spacial score (nSPS) is 21.1. The lowest BCUT2D eigenvalue weighted by molar-refractivity contribution is 0.220. The molecule has 0 aromatic heterocycles. The fraction of sp³-hybridized carbons (Fsp3) is 0.462. The molecule has 2 aliphatic rings. The maximum absolute atomic E-state index is 11.9. The molecule has 0 radical (unpaired) electrons. The molecule has 1 spiro atoms. The van der Waals surface area contributed by atoms with Crippen molar-refractivity contribution in [1.29, 1.82) is 0 Å². The first-order chi connectivity index (χ1) is 7.77. The van der Waals surface area contributed by atoms with E-state index in [0.29, 0.717) is 5.41 Å². The number of anilines is 1. The first-order valence-corrected chi connectivity index (χ1v) is 5.89. The van der Waals surface area contributed by atoms with Crippen LogP contribution in [0.5, 0.6) is 0 Å². The number of nitrogens with one attached hydrogen (secondary N) is 1. The Labute approximate surface area is 95.4 Å². The van der Waals surface area contributed by atoms with Crippen molar-refractivity contribution in [1.82, 2.24) is 4.90 Å². The Morgan fingerprint density at radius 3 is 2.56 bits per heavy atom. The first-order valence-electron chi connectivity index (χ1n) is 5.89. The highest BCUT2D eigenvalue weighted by Crippen LogP contribution is 2.52. The Morgan fingerprint density at radius 2 is 1.94 bits per heavy atom. The molecular formula is C13H16N2O. The van der Waals surface area contributed by atoms with E-state index >= 15 is 0 Å². The maximum Gasteiger partial charge on any atom is 0.321 e. The number of rotatable bonds is 1. The molecule has 1 aromatic rings. The van der Waals surface area contributed by atoms with E-state index in [1.165, 1.54) is 19.3 Å². The molecule has 0 atom stereocenters. The minimum Gasteiger partial charge on any atom is -0.324 e. The van der Waals surface area contributed by atoms with Crippen LogP contribution in [0, 0.1) is 5.41 Å². The summed E-state index contributed by atoms with van der Waals surface area (Å²) in [5.41, 5.74) is 1.39. The molecule has 1 heterocycles. The van der Waals surface area contributed by atoms with E-state index in [1.54, 1.807) is 0 Å². The van der Waals surface area contributed by atoms with Gasteiger partial charge in [-0.3, -0.25) is 0 Å². The molecule has 1 saturated heterocycles. The van der Waals surface area contributed by atoms with Crippen LogP contribution in [-0.2, 0) is 0 Å². The van der Waals surface area contributed by atoms with E-state index in [2.05, 4.69) is 5.32 Å². The molecule has 1 aromatic carbocycles. The summed E-state index contributed by atoms with van der Waals surface area (Å²) in [5, 5.41) is 2.94. The quantitative estimate of drug-likeness (QED) is 0.769. The molecule has 1 saturated carbocycles. The van der Waals surface area contributed by atoms with Gasteiger partial charge in [0.2, 0.25) is 0 Å². The summed E-state index contributed by atoms with van der Waals surface area (Å²) < 4.78 is 0. The lowest BCUT2D eigenvalue weighted by Crippen LogP contribution is -2.33. The lowest BCUT2D eigenvalue weighted by atomic mass is 10.1. The van der Waals surface area contributed by atoms with Crippen LogP contribution in [0.2, 0.25) is 0 Å². The average Bonchev–Trinajstić information content (AvgIpc) is 2.90. The number of hydrogen-bond acceptors (Lipinski definition) is 1. The fourth-order valence-electron chi connectivity index (χ4n) is 2.42. The second-order valence-corrected chi connectivity index (χ2v) is 4.97. The highest BCUT2D eigenvalue weighted by atomic mass is 16.2. The summed E-state index contributed by atoms with van der Waals surface area (Å²) in [6, 6.07) is 9.70. The number of likely N-dealkylation sites (tertiary alicyclic amines) is 1. The van der Waals surface area contributed by atoms with Crippen LogP contribution >= 0.6 is 0 Å². The molecule has 2 amide bonds. The summed E-state index contributed by atoms with van der Waals surface area (Å²) in [4.78, 5) is 13.9. The number of benzene rings is 1. The summed E-state index contributed by atoms with van der Waals surface area (Å²) in [5.74, 6) is 0. The molecule has 3 nitrogen and oxygen atoms in total. The molecule has 84 valence electrons. The van der Waals surface area contributed by atoms with Crippen molar-refractivity contribution in [2.45, 2.75) is 19.3 Å². The van der Waals surface area contributed by atoms with Gasteiger partial charge in [-0.15, -0.1) is 0 Å². The van der Waals surface area contributed by atoms with E-state index in [4.69, 9.17) is 0 Å². The van der Waals surface area contributed by atoms with Gasteiger partial charge < -0.3 is 10.2 Å². The van der Waals surface area contributed by atoms with Crippen LogP contribution in [0.1, 0.15) is 19.3 Å². The Hall–Kier alpha value is -1.51. The predicted molar refractivity (Wildman–Crippen MR) is 63.3 cm³/mol. The molecule has 16 heavy (non-hydrogen) atoms. The van der Waals surface area contributed by atoms with Crippen molar-refractivity contribution in [2.75, 3.05) is 18.4 Å². The van der Waals surface area contributed by atoms with Gasteiger partial charge in [-0.05, 0) is 36.8 Å². The number of carbonyl (C=O) groups excluding carboxylic acids is 1. The molecule has 2 fully saturated rings. The van der Waals surface area contributed by atoms with Gasteiger partial charge in [0.1, 0.15) is 0 Å². The van der Waals surface area contributed by atoms with Gasteiger partial charge >= 0.3 is 6.03 Å². The molecule has 0 unspecified atom stereocenters. The van der Waals surface area contributed by atoms with E-state index in [0.717, 1.165) is 18.8 Å². The third-order valence-corrected chi connectivity index (χ3v) is 3.71. The van der Waals surface area contributed by atoms with E-state index in [1.807, 2.05) is 35.2 Å². The largest absolute Gasteiger partial charge is 0.324 e. The maximum atomic E-state index is 11.9. The van der Waals surface area contributed by atoms with Gasteiger partial charge in [0.05, 0.1) is 0 Å². The van der Waals surface area contributed by atoms with Crippen molar-refractivity contribution in [3.8, 4) is 0 Å². The van der Waals surface area contributed by atoms with Crippen LogP contribution in [0.25, 0.3) is 0 Å². The van der Waals surface area contributed by atoms with Crippen molar-refractivity contribution >= 4 is 11.7 Å². The Kier molecular flexibility index (Phi) is 2.13. The Balaban J connectivity index is 1.62. The lowest BCUT2D eigenvalue weighted by Gasteiger charge is -2.17. The predicted octanol–water partition coefficient (Wildman–Crippen LogP) is 2.70. The van der Waals surface area contributed by atoms with Crippen LogP contribution in [0.4, 0.5) is 10.5 Å². The number of hydrogen-bond donors (Lipinski definition) is 1. The standard InChI is InChI=1S/C13H16N2O/c16-12(14-11-4-2-1-3-5-11)15-9-8-13(10-15)6-7-13/h1-5H,6-10H2,(H,14,16). The van der Waals surface area contributed by atoms with Crippen LogP contribution < -0.4 is 5.32 Å². The van der Waals surface area contributed by atoms with Crippen molar-refractivity contribution in [3.63, 3.8) is 0 Å². The van der Waals surface area contributed by atoms with Crippen molar-refractivity contribution < 1.29 is 4.79 Å². The molecule has 0 bridgehead atoms. The van der Waals surface area contributed by atoms with Gasteiger partial charge in [-0.2, -0.15) is 0 Å². The van der Waals surface area contributed by atoms with Crippen LogP contribution in [-0.4, -0.2) is 24.0 Å². The van der Waals surface area contributed by atoms with E-state index < -0.39 is 0 Å². The van der Waals surface area contributed by atoms with Gasteiger partial charge in [0.15, 0.2) is 0 Å². The minimum absolute atomic E-state index is 0.0509. The Bertz CT molecular complexity index is 398. The molecule has 1 aliphatic carbocycles. The minimum atomic E-state index is 0.0509. The first kappa shape index (κ1) is 9.70. The van der Waals surface area contributed by atoms with Gasteiger partial charge in [-0.25, -0.2) is 4.79 Å². The van der Waals surface area contributed by atoms with Gasteiger partial charge in [0.25, 0.3) is 0 Å². The highest BCUT2D eigenvalue weighted by molar-refractivity contribution is 5.89. The molecular weight excluding hydrogens is 200 g/mol. The monoisotopic (exact) mass is 216 g/mol. The zero-order valence-corrected chi connectivity index (χ0v) is 9.28. The number of nitrogens with zero attached hydrogens (tertiary/aromatic N) is 1. The van der Waals surface area contributed by atoms with Gasteiger partial charge in [-0.1, -0.05) is 18.2 Å². The fourth-order valence-corrected chi connectivity index (χ4v) is 2.42. The molecule has 1 N–H and O–H groups in total. The second-order valence-electron chi connectivity index (χ2n) is 4.97. The van der Waals surface area contributed by atoms with Crippen LogP contribution in [0.3, 0.4) is 0 Å². The highest BCUT2D eigenvalue weighted by Gasteiger charge is 2.48. The van der Waals surface area contributed by atoms with Crippen molar-refractivity contribution in [3.05, 3.63) is 30.3 Å². The third kappa shape index (κ3) is 1.77. The average molecular weight is 216 g/mol. The van der Waals surface area contributed by atoms with Gasteiger partial charge in [0, 0.05) is 18.8 Å². The number of urea groups is 1. The van der Waals surface area contributed by atoms with E-state index in [-0.39, 0.29) is 6.03 Å². The summed E-state index contributed by atoms with van der Waals surface area (Å²) in [7, 11) is 0. The van der Waals surface area contributed by atoms with Crippen LogP contribution in [0.15, 0.2) is 30.3 Å². The summed E-state index contributed by atoms with van der Waals surface area (Å²) in [6.07, 6.45) is 3.81. The zero-order chi connectivity index (χ0) is 11.0. The second kappa shape index (κ2) is 3.51. The Morgan fingerprint density at radius 1 is 1.19 bits per heavy atom. The smallest absolute Gasteiger partial charge is 0.321 e. The topological polar surface area (TPSA) is 32.3 Å². The zero-order valence-electron chi connectivity index (χ0n) is 9.28. The number of para-hydroxylation sites is 1. The van der Waals surface area contributed by atoms with Crippen molar-refractivity contribution in [2.24, 2.45) is 5.41 Å². The number of carbonyl (C=O) groups is 1. The third-order valence-electron chi connectivity index (χ3n) is 3.71. The SMILES string of the molecule is O=C(Nc1ccccc1)N1CCC2(CC2)C1. The molecule has 3 heteroatoms. The number of amides is 2. The van der Waals surface area contributed by atoms with E-state index in [9.17, 15) is 4.79 Å².